The summed E-state index contributed by atoms with van der Waals surface area (Å²) in [4.78, 5) is 33.8. The molecule has 2 amide bonds. The molecule has 1 aromatic heterocycles. The predicted molar refractivity (Wildman–Crippen MR) is 105 cm³/mol. The molecule has 4 rings (SSSR count). The molecule has 1 atom stereocenters. The molecule has 3 heterocycles. The fourth-order valence-corrected chi connectivity index (χ4v) is 5.09. The Kier molecular flexibility index (Phi) is 5.78. The number of carbonyl (C=O) groups excluding carboxylic acids is 2. The minimum atomic E-state index is 0.0749. The Morgan fingerprint density at radius 2 is 1.93 bits per heavy atom. The zero-order valence-corrected chi connectivity index (χ0v) is 17.0. The van der Waals surface area contributed by atoms with Crippen molar-refractivity contribution in [1.82, 2.24) is 20.1 Å². The Morgan fingerprint density at radius 1 is 1.15 bits per heavy atom. The number of likely N-dealkylation sites (tertiary alicyclic amines) is 2. The molecule has 0 unspecified atom stereocenters. The van der Waals surface area contributed by atoms with E-state index in [0.29, 0.717) is 24.4 Å². The van der Waals surface area contributed by atoms with Gasteiger partial charge in [-0.05, 0) is 52.0 Å². The van der Waals surface area contributed by atoms with Crippen LogP contribution in [0.4, 0.5) is 0 Å². The van der Waals surface area contributed by atoms with Crippen molar-refractivity contribution in [3.8, 4) is 0 Å². The largest absolute Gasteiger partial charge is 0.349 e. The highest BCUT2D eigenvalue weighted by Crippen LogP contribution is 2.32. The third-order valence-electron chi connectivity index (χ3n) is 6.12. The SMILES string of the molecule is Cc1csc(CNC(=O)[C@@H]2CCCN(C3CCN(C(=O)C4CC4)CC3)C2)n1. The van der Waals surface area contributed by atoms with Gasteiger partial charge in [-0.3, -0.25) is 14.5 Å². The molecule has 0 radical (unpaired) electrons. The van der Waals surface area contributed by atoms with Gasteiger partial charge in [0.2, 0.25) is 11.8 Å². The number of hydrogen-bond donors (Lipinski definition) is 1. The van der Waals surface area contributed by atoms with Crippen LogP contribution < -0.4 is 5.32 Å². The van der Waals surface area contributed by atoms with E-state index in [-0.39, 0.29) is 11.8 Å². The molecule has 0 spiro atoms. The molecule has 1 saturated carbocycles. The van der Waals surface area contributed by atoms with Crippen LogP contribution in [-0.2, 0) is 16.1 Å². The van der Waals surface area contributed by atoms with E-state index in [1.54, 1.807) is 11.3 Å². The minimum absolute atomic E-state index is 0.0749. The predicted octanol–water partition coefficient (Wildman–Crippen LogP) is 2.18. The second-order valence-electron chi connectivity index (χ2n) is 8.27. The van der Waals surface area contributed by atoms with Crippen LogP contribution in [0.15, 0.2) is 5.38 Å². The lowest BCUT2D eigenvalue weighted by Crippen LogP contribution is -2.51. The second-order valence-corrected chi connectivity index (χ2v) is 9.21. The molecule has 7 heteroatoms. The van der Waals surface area contributed by atoms with Crippen molar-refractivity contribution in [2.45, 2.75) is 58.0 Å². The summed E-state index contributed by atoms with van der Waals surface area (Å²) < 4.78 is 0. The van der Waals surface area contributed by atoms with E-state index in [1.165, 1.54) is 0 Å². The van der Waals surface area contributed by atoms with Crippen molar-refractivity contribution >= 4 is 23.2 Å². The lowest BCUT2D eigenvalue weighted by atomic mass is 9.93. The number of piperidine rings is 2. The van der Waals surface area contributed by atoms with Gasteiger partial charge in [0.15, 0.2) is 0 Å². The van der Waals surface area contributed by atoms with Crippen molar-refractivity contribution in [3.05, 3.63) is 16.1 Å². The molecule has 3 aliphatic rings. The zero-order chi connectivity index (χ0) is 18.8. The van der Waals surface area contributed by atoms with Crippen molar-refractivity contribution in [2.24, 2.45) is 11.8 Å². The van der Waals surface area contributed by atoms with Gasteiger partial charge in [-0.1, -0.05) is 0 Å². The lowest BCUT2D eigenvalue weighted by Gasteiger charge is -2.42. The Morgan fingerprint density at radius 3 is 2.59 bits per heavy atom. The monoisotopic (exact) mass is 390 g/mol. The van der Waals surface area contributed by atoms with E-state index >= 15 is 0 Å². The van der Waals surface area contributed by atoms with Crippen LogP contribution in [0.3, 0.4) is 0 Å². The van der Waals surface area contributed by atoms with Gasteiger partial charge in [0.05, 0.1) is 12.5 Å². The Bertz CT molecular complexity index is 679. The molecular weight excluding hydrogens is 360 g/mol. The zero-order valence-electron chi connectivity index (χ0n) is 16.2. The maximum absolute atomic E-state index is 12.6. The molecule has 1 N–H and O–H groups in total. The summed E-state index contributed by atoms with van der Waals surface area (Å²) in [5, 5.41) is 6.07. The van der Waals surface area contributed by atoms with Gasteiger partial charge in [-0.15, -0.1) is 11.3 Å². The first-order chi connectivity index (χ1) is 13.1. The number of nitrogens with one attached hydrogen (secondary N) is 1. The van der Waals surface area contributed by atoms with E-state index in [2.05, 4.69) is 20.1 Å². The quantitative estimate of drug-likeness (QED) is 0.837. The lowest BCUT2D eigenvalue weighted by molar-refractivity contribution is -0.134. The molecule has 1 aromatic rings. The van der Waals surface area contributed by atoms with Crippen LogP contribution >= 0.6 is 11.3 Å². The standard InChI is InChI=1S/C20H30N4O2S/c1-14-13-27-18(22-14)11-21-19(25)16-3-2-8-24(12-16)17-6-9-23(10-7-17)20(26)15-4-5-15/h13,15-17H,2-12H2,1H3,(H,21,25)/t16-/m1/s1. The van der Waals surface area contributed by atoms with Crippen LogP contribution in [-0.4, -0.2) is 58.8 Å². The molecule has 2 saturated heterocycles. The van der Waals surface area contributed by atoms with Crippen molar-refractivity contribution in [1.29, 1.82) is 0 Å². The summed E-state index contributed by atoms with van der Waals surface area (Å²) >= 11 is 1.60. The average Bonchev–Trinajstić information content (AvgIpc) is 3.47. The third-order valence-corrected chi connectivity index (χ3v) is 7.09. The number of carbonyl (C=O) groups is 2. The molecule has 2 aliphatic heterocycles. The van der Waals surface area contributed by atoms with E-state index in [0.717, 1.165) is 75.4 Å². The summed E-state index contributed by atoms with van der Waals surface area (Å²) in [7, 11) is 0. The molecule has 0 aromatic carbocycles. The fourth-order valence-electron chi connectivity index (χ4n) is 4.38. The highest BCUT2D eigenvalue weighted by Gasteiger charge is 2.37. The maximum atomic E-state index is 12.6. The van der Waals surface area contributed by atoms with Gasteiger partial charge in [0, 0.05) is 42.7 Å². The summed E-state index contributed by atoms with van der Waals surface area (Å²) in [5.74, 6) is 0.938. The van der Waals surface area contributed by atoms with Gasteiger partial charge >= 0.3 is 0 Å². The van der Waals surface area contributed by atoms with Crippen LogP contribution in [0, 0.1) is 18.8 Å². The first-order valence-corrected chi connectivity index (χ1v) is 11.2. The van der Waals surface area contributed by atoms with Gasteiger partial charge < -0.3 is 10.2 Å². The highest BCUT2D eigenvalue weighted by molar-refractivity contribution is 7.09. The molecular formula is C20H30N4O2S. The molecule has 6 nitrogen and oxygen atoms in total. The molecule has 148 valence electrons. The summed E-state index contributed by atoms with van der Waals surface area (Å²) in [5.41, 5.74) is 1.01. The van der Waals surface area contributed by atoms with Gasteiger partial charge in [-0.25, -0.2) is 4.98 Å². The fraction of sp³-hybridized carbons (Fsp3) is 0.750. The summed E-state index contributed by atoms with van der Waals surface area (Å²) in [6, 6.07) is 0.519. The number of rotatable bonds is 5. The number of amides is 2. The molecule has 27 heavy (non-hydrogen) atoms. The maximum Gasteiger partial charge on any atom is 0.225 e. The van der Waals surface area contributed by atoms with E-state index in [9.17, 15) is 9.59 Å². The molecule has 3 fully saturated rings. The Balaban J connectivity index is 1.24. The average molecular weight is 391 g/mol. The number of hydrogen-bond acceptors (Lipinski definition) is 5. The van der Waals surface area contributed by atoms with Gasteiger partial charge in [0.1, 0.15) is 5.01 Å². The van der Waals surface area contributed by atoms with Crippen molar-refractivity contribution in [3.63, 3.8) is 0 Å². The highest BCUT2D eigenvalue weighted by atomic mass is 32.1. The first kappa shape index (κ1) is 18.9. The molecule has 1 aliphatic carbocycles. The number of aryl methyl sites for hydroxylation is 1. The Labute approximate surface area is 165 Å². The Hall–Kier alpha value is -1.47. The van der Waals surface area contributed by atoms with Crippen LogP contribution in [0.2, 0.25) is 0 Å². The van der Waals surface area contributed by atoms with Gasteiger partial charge in [0.25, 0.3) is 0 Å². The number of aromatic nitrogens is 1. The smallest absolute Gasteiger partial charge is 0.225 e. The van der Waals surface area contributed by atoms with Crippen LogP contribution in [0.25, 0.3) is 0 Å². The van der Waals surface area contributed by atoms with Gasteiger partial charge in [-0.2, -0.15) is 0 Å². The van der Waals surface area contributed by atoms with Crippen LogP contribution in [0.5, 0.6) is 0 Å². The number of thiazole rings is 1. The van der Waals surface area contributed by atoms with E-state index < -0.39 is 0 Å². The second kappa shape index (κ2) is 8.27. The first-order valence-electron chi connectivity index (χ1n) is 10.3. The van der Waals surface area contributed by atoms with Crippen LogP contribution in [0.1, 0.15) is 49.2 Å². The van der Waals surface area contributed by atoms with E-state index in [4.69, 9.17) is 0 Å². The summed E-state index contributed by atoms with van der Waals surface area (Å²) in [6.07, 6.45) is 6.31. The van der Waals surface area contributed by atoms with Crippen molar-refractivity contribution < 1.29 is 9.59 Å². The van der Waals surface area contributed by atoms with Crippen molar-refractivity contribution in [2.75, 3.05) is 26.2 Å². The normalized spacial score (nSPS) is 24.8. The third kappa shape index (κ3) is 4.69. The number of nitrogens with zero attached hydrogens (tertiary/aromatic N) is 3. The van der Waals surface area contributed by atoms with E-state index in [1.807, 2.05) is 12.3 Å². The summed E-state index contributed by atoms with van der Waals surface area (Å²) in [6.45, 7) is 6.22. The molecule has 0 bridgehead atoms. The topological polar surface area (TPSA) is 65.5 Å². The minimum Gasteiger partial charge on any atom is -0.349 e.